The molecule has 0 aliphatic rings. The Morgan fingerprint density at radius 1 is 1.42 bits per heavy atom. The van der Waals surface area contributed by atoms with Crippen molar-refractivity contribution >= 4 is 5.69 Å². The molecule has 3 aromatic rings. The summed E-state index contributed by atoms with van der Waals surface area (Å²) in [5.41, 5.74) is 1.03. The smallest absolute Gasteiger partial charge is 0.239 e. The van der Waals surface area contributed by atoms with E-state index < -0.39 is 0 Å². The zero-order chi connectivity index (χ0) is 13.2. The maximum absolute atomic E-state index is 5.67. The van der Waals surface area contributed by atoms with Crippen molar-refractivity contribution in [3.63, 3.8) is 0 Å². The van der Waals surface area contributed by atoms with Gasteiger partial charge in [0.15, 0.2) is 5.76 Å². The normalized spacial score (nSPS) is 10.8. The number of anilines is 1. The van der Waals surface area contributed by atoms with Gasteiger partial charge >= 0.3 is 0 Å². The molecular weight excluding hydrogens is 246 g/mol. The first-order valence-electron chi connectivity index (χ1n) is 5.74. The number of hydrogen-bond donors (Lipinski definition) is 1. The molecule has 0 aliphatic heterocycles. The van der Waals surface area contributed by atoms with Gasteiger partial charge in [0.05, 0.1) is 18.4 Å². The summed E-state index contributed by atoms with van der Waals surface area (Å²) < 4.78 is 7.44. The zero-order valence-electron chi connectivity index (χ0n) is 10.6. The molecule has 0 fully saturated rings. The molecule has 3 aromatic heterocycles. The van der Waals surface area contributed by atoms with Crippen molar-refractivity contribution < 1.29 is 4.42 Å². The van der Waals surface area contributed by atoms with Crippen LogP contribution in [0.4, 0.5) is 5.69 Å². The molecule has 0 bridgehead atoms. The first-order valence-corrected chi connectivity index (χ1v) is 5.74. The number of hydrogen-bond acceptors (Lipinski definition) is 6. The second-order valence-corrected chi connectivity index (χ2v) is 4.23. The molecule has 3 heterocycles. The van der Waals surface area contributed by atoms with Gasteiger partial charge in [0.2, 0.25) is 5.82 Å². The molecule has 3 rings (SSSR count). The van der Waals surface area contributed by atoms with Crippen molar-refractivity contribution in [3.05, 3.63) is 30.3 Å². The second kappa shape index (κ2) is 4.56. The third-order valence-corrected chi connectivity index (χ3v) is 2.75. The van der Waals surface area contributed by atoms with E-state index in [1.54, 1.807) is 4.68 Å². The Hall–Kier alpha value is -2.64. The Morgan fingerprint density at radius 2 is 2.32 bits per heavy atom. The number of tetrazole rings is 1. The van der Waals surface area contributed by atoms with Gasteiger partial charge in [0.1, 0.15) is 5.76 Å². The Morgan fingerprint density at radius 3 is 3.00 bits per heavy atom. The van der Waals surface area contributed by atoms with Crippen molar-refractivity contribution in [1.82, 2.24) is 30.4 Å². The Balaban J connectivity index is 1.74. The number of nitrogens with one attached hydrogen (secondary N) is 1. The van der Waals surface area contributed by atoms with Gasteiger partial charge in [0, 0.05) is 20.3 Å². The quantitative estimate of drug-likeness (QED) is 0.746. The summed E-state index contributed by atoms with van der Waals surface area (Å²) in [6, 6.07) is 3.73. The standard InChI is InChI=1S/C11H13N7O/c1-17(8-5-12-18(2)6-8)7-9-3-4-10(19-9)11-13-15-16-14-11/h3-6H,7H2,1-2H3,(H,13,14,15,16). The van der Waals surface area contributed by atoms with Crippen LogP contribution in [0.15, 0.2) is 28.9 Å². The van der Waals surface area contributed by atoms with Crippen molar-refractivity contribution in [2.75, 3.05) is 11.9 Å². The van der Waals surface area contributed by atoms with Crippen LogP contribution < -0.4 is 4.90 Å². The van der Waals surface area contributed by atoms with Gasteiger partial charge < -0.3 is 9.32 Å². The summed E-state index contributed by atoms with van der Waals surface area (Å²) in [4.78, 5) is 2.05. The molecule has 8 heteroatoms. The second-order valence-electron chi connectivity index (χ2n) is 4.23. The van der Waals surface area contributed by atoms with Crippen LogP contribution in [0.3, 0.4) is 0 Å². The molecule has 0 saturated heterocycles. The lowest BCUT2D eigenvalue weighted by Gasteiger charge is -2.14. The zero-order valence-corrected chi connectivity index (χ0v) is 10.6. The number of aromatic amines is 1. The molecule has 0 amide bonds. The minimum absolute atomic E-state index is 0.454. The third-order valence-electron chi connectivity index (χ3n) is 2.75. The highest BCUT2D eigenvalue weighted by molar-refractivity contribution is 5.46. The van der Waals surface area contributed by atoms with Gasteiger partial charge in [-0.15, -0.1) is 10.2 Å². The van der Waals surface area contributed by atoms with E-state index in [1.165, 1.54) is 0 Å². The lowest BCUT2D eigenvalue weighted by Crippen LogP contribution is -2.15. The fraction of sp³-hybridized carbons (Fsp3) is 0.273. The van der Waals surface area contributed by atoms with E-state index in [4.69, 9.17) is 4.42 Å². The predicted molar refractivity (Wildman–Crippen MR) is 67.2 cm³/mol. The van der Waals surface area contributed by atoms with Gasteiger partial charge in [-0.1, -0.05) is 0 Å². The number of rotatable bonds is 4. The fourth-order valence-electron chi connectivity index (χ4n) is 1.78. The van der Waals surface area contributed by atoms with E-state index >= 15 is 0 Å². The van der Waals surface area contributed by atoms with Crippen molar-refractivity contribution in [2.24, 2.45) is 7.05 Å². The van der Waals surface area contributed by atoms with Gasteiger partial charge in [0.25, 0.3) is 0 Å². The van der Waals surface area contributed by atoms with Crippen LogP contribution in [0.1, 0.15) is 5.76 Å². The monoisotopic (exact) mass is 259 g/mol. The highest BCUT2D eigenvalue weighted by Gasteiger charge is 2.11. The molecule has 8 nitrogen and oxygen atoms in total. The summed E-state index contributed by atoms with van der Waals surface area (Å²) >= 11 is 0. The highest BCUT2D eigenvalue weighted by atomic mass is 16.3. The number of nitrogens with zero attached hydrogens (tertiary/aromatic N) is 6. The van der Waals surface area contributed by atoms with E-state index in [9.17, 15) is 0 Å². The molecule has 0 atom stereocenters. The lowest BCUT2D eigenvalue weighted by atomic mass is 10.4. The van der Waals surface area contributed by atoms with Crippen LogP contribution >= 0.6 is 0 Å². The molecule has 0 aromatic carbocycles. The van der Waals surface area contributed by atoms with E-state index in [2.05, 4.69) is 25.7 Å². The summed E-state index contributed by atoms with van der Waals surface area (Å²) in [7, 11) is 3.87. The average Bonchev–Trinajstić information content (AvgIpc) is 3.07. The minimum Gasteiger partial charge on any atom is -0.456 e. The molecular formula is C11H13N7O. The summed E-state index contributed by atoms with van der Waals surface area (Å²) in [5, 5.41) is 17.8. The summed E-state index contributed by atoms with van der Waals surface area (Å²) in [5.74, 6) is 1.88. The van der Waals surface area contributed by atoms with Crippen molar-refractivity contribution in [1.29, 1.82) is 0 Å². The largest absolute Gasteiger partial charge is 0.456 e. The maximum Gasteiger partial charge on any atom is 0.239 e. The number of aromatic nitrogens is 6. The average molecular weight is 259 g/mol. The molecule has 98 valence electrons. The van der Waals surface area contributed by atoms with Crippen LogP contribution in [0.25, 0.3) is 11.6 Å². The van der Waals surface area contributed by atoms with E-state index in [0.29, 0.717) is 18.1 Å². The molecule has 0 unspecified atom stereocenters. The van der Waals surface area contributed by atoms with E-state index in [-0.39, 0.29) is 0 Å². The van der Waals surface area contributed by atoms with Crippen molar-refractivity contribution in [2.45, 2.75) is 6.54 Å². The molecule has 1 N–H and O–H groups in total. The number of aryl methyl sites for hydroxylation is 1. The molecule has 0 spiro atoms. The van der Waals surface area contributed by atoms with Crippen LogP contribution in [0, 0.1) is 0 Å². The minimum atomic E-state index is 0.454. The van der Waals surface area contributed by atoms with Gasteiger partial charge in [-0.2, -0.15) is 10.3 Å². The Labute approximate surface area is 109 Å². The van der Waals surface area contributed by atoms with Crippen LogP contribution in [0.5, 0.6) is 0 Å². The molecule has 0 saturated carbocycles. The van der Waals surface area contributed by atoms with Gasteiger partial charge in [-0.25, -0.2) is 0 Å². The van der Waals surface area contributed by atoms with Gasteiger partial charge in [-0.3, -0.25) is 4.68 Å². The van der Waals surface area contributed by atoms with Crippen LogP contribution in [-0.4, -0.2) is 37.5 Å². The summed E-state index contributed by atoms with van der Waals surface area (Å²) in [6.45, 7) is 0.642. The van der Waals surface area contributed by atoms with Crippen LogP contribution in [0.2, 0.25) is 0 Å². The first kappa shape index (κ1) is 11.5. The molecule has 0 radical (unpaired) electrons. The predicted octanol–water partition coefficient (Wildman–Crippen LogP) is 0.830. The Bertz CT molecular complexity index is 654. The highest BCUT2D eigenvalue weighted by Crippen LogP contribution is 2.20. The SMILES string of the molecule is CN(Cc1ccc(-c2nn[nH]n2)o1)c1cnn(C)c1. The maximum atomic E-state index is 5.67. The van der Waals surface area contributed by atoms with Crippen LogP contribution in [-0.2, 0) is 13.6 Å². The Kier molecular flexibility index (Phi) is 2.75. The van der Waals surface area contributed by atoms with Gasteiger partial charge in [-0.05, 0) is 17.3 Å². The van der Waals surface area contributed by atoms with E-state index in [1.807, 2.05) is 43.5 Å². The topological polar surface area (TPSA) is 88.7 Å². The third kappa shape index (κ3) is 2.32. The number of H-pyrrole nitrogens is 1. The molecule has 19 heavy (non-hydrogen) atoms. The van der Waals surface area contributed by atoms with E-state index in [0.717, 1.165) is 11.4 Å². The fourth-order valence-corrected chi connectivity index (χ4v) is 1.78. The lowest BCUT2D eigenvalue weighted by molar-refractivity contribution is 0.517. The van der Waals surface area contributed by atoms with Crippen molar-refractivity contribution in [3.8, 4) is 11.6 Å². The molecule has 0 aliphatic carbocycles. The first-order chi connectivity index (χ1) is 9.22. The summed E-state index contributed by atoms with van der Waals surface area (Å²) in [6.07, 6.45) is 3.76. The number of furan rings is 1.